The summed E-state index contributed by atoms with van der Waals surface area (Å²) >= 11 is 7.29. The van der Waals surface area contributed by atoms with Crippen molar-refractivity contribution < 1.29 is 4.74 Å². The lowest BCUT2D eigenvalue weighted by Gasteiger charge is -2.09. The Balaban J connectivity index is 2.19. The van der Waals surface area contributed by atoms with Gasteiger partial charge in [-0.2, -0.15) is 0 Å². The van der Waals surface area contributed by atoms with E-state index in [1.54, 1.807) is 11.3 Å². The van der Waals surface area contributed by atoms with Crippen molar-refractivity contribution in [3.63, 3.8) is 0 Å². The summed E-state index contributed by atoms with van der Waals surface area (Å²) in [5.74, 6) is 1.13. The average Bonchev–Trinajstić information content (AvgIpc) is 2.66. The molecule has 0 N–H and O–H groups in total. The molecule has 0 aliphatic heterocycles. The van der Waals surface area contributed by atoms with Crippen molar-refractivity contribution in [2.75, 3.05) is 6.61 Å². The molecule has 0 saturated heterocycles. The second-order valence-electron chi connectivity index (χ2n) is 3.78. The van der Waals surface area contributed by atoms with Crippen LogP contribution in [0.2, 0.25) is 0 Å². The fraction of sp³-hybridized carbons (Fsp3) is 0.727. The van der Waals surface area contributed by atoms with Crippen LogP contribution in [-0.4, -0.2) is 11.6 Å². The van der Waals surface area contributed by atoms with Crippen molar-refractivity contribution in [1.82, 2.24) is 4.98 Å². The number of halogens is 1. The number of hydrogen-bond donors (Lipinski definition) is 0. The van der Waals surface area contributed by atoms with Gasteiger partial charge in [-0.05, 0) is 12.3 Å². The molecular weight excluding hydrogens is 230 g/mol. The van der Waals surface area contributed by atoms with Crippen LogP contribution < -0.4 is 0 Å². The molecule has 0 aromatic carbocycles. The molecule has 2 nitrogen and oxygen atoms in total. The third-order valence-corrected chi connectivity index (χ3v) is 3.29. The Morgan fingerprint density at radius 3 is 3.00 bits per heavy atom. The highest BCUT2D eigenvalue weighted by Crippen LogP contribution is 2.13. The number of ether oxygens (including phenoxy) is 1. The van der Waals surface area contributed by atoms with Gasteiger partial charge in [0.25, 0.3) is 0 Å². The molecule has 1 aromatic rings. The Labute approximate surface area is 101 Å². The Morgan fingerprint density at radius 1 is 1.60 bits per heavy atom. The molecule has 1 heterocycles. The fourth-order valence-electron chi connectivity index (χ4n) is 1.40. The Morgan fingerprint density at radius 2 is 2.40 bits per heavy atom. The maximum Gasteiger partial charge on any atom is 0.119 e. The molecule has 86 valence electrons. The van der Waals surface area contributed by atoms with Gasteiger partial charge in [-0.1, -0.05) is 20.3 Å². The molecule has 0 amide bonds. The zero-order valence-electron chi connectivity index (χ0n) is 9.33. The molecule has 0 radical (unpaired) electrons. The van der Waals surface area contributed by atoms with E-state index in [4.69, 9.17) is 16.3 Å². The molecule has 1 rings (SSSR count). The quantitative estimate of drug-likeness (QED) is 0.683. The molecule has 1 aromatic heterocycles. The van der Waals surface area contributed by atoms with Crippen molar-refractivity contribution in [1.29, 1.82) is 0 Å². The molecule has 0 aliphatic carbocycles. The third-order valence-electron chi connectivity index (χ3n) is 2.15. The third kappa shape index (κ3) is 4.96. The van der Waals surface area contributed by atoms with Gasteiger partial charge in [0.1, 0.15) is 5.01 Å². The molecular formula is C11H18ClNOS. The molecule has 0 spiro atoms. The summed E-state index contributed by atoms with van der Waals surface area (Å²) in [7, 11) is 0. The van der Waals surface area contributed by atoms with Crippen LogP contribution in [0.5, 0.6) is 0 Å². The first kappa shape index (κ1) is 12.9. The van der Waals surface area contributed by atoms with E-state index in [0.29, 0.717) is 18.4 Å². The summed E-state index contributed by atoms with van der Waals surface area (Å²) in [6, 6.07) is 0. The minimum absolute atomic E-state index is 0.489. The van der Waals surface area contributed by atoms with Gasteiger partial charge < -0.3 is 4.74 Å². The summed E-state index contributed by atoms with van der Waals surface area (Å²) in [6.07, 6.45) is 2.45. The number of rotatable bonds is 7. The van der Waals surface area contributed by atoms with E-state index in [0.717, 1.165) is 17.3 Å². The lowest BCUT2D eigenvalue weighted by Crippen LogP contribution is -2.05. The smallest absolute Gasteiger partial charge is 0.119 e. The molecule has 0 bridgehead atoms. The van der Waals surface area contributed by atoms with Gasteiger partial charge in [0.05, 0.1) is 18.2 Å². The number of alkyl halides is 1. The molecule has 15 heavy (non-hydrogen) atoms. The van der Waals surface area contributed by atoms with Gasteiger partial charge in [0.15, 0.2) is 0 Å². The van der Waals surface area contributed by atoms with Crippen LogP contribution in [0.3, 0.4) is 0 Å². The van der Waals surface area contributed by atoms with Crippen molar-refractivity contribution >= 4 is 22.9 Å². The first-order valence-electron chi connectivity index (χ1n) is 5.33. The summed E-state index contributed by atoms with van der Waals surface area (Å²) < 4.78 is 5.60. The topological polar surface area (TPSA) is 22.1 Å². The largest absolute Gasteiger partial charge is 0.374 e. The van der Waals surface area contributed by atoms with Crippen LogP contribution >= 0.6 is 22.9 Å². The van der Waals surface area contributed by atoms with Crippen LogP contribution in [-0.2, 0) is 17.2 Å². The van der Waals surface area contributed by atoms with Crippen molar-refractivity contribution in [3.8, 4) is 0 Å². The molecule has 4 heteroatoms. The van der Waals surface area contributed by atoms with E-state index in [2.05, 4.69) is 18.8 Å². The van der Waals surface area contributed by atoms with E-state index in [9.17, 15) is 0 Å². The normalized spacial score (nSPS) is 13.0. The zero-order chi connectivity index (χ0) is 11.1. The second-order valence-corrected chi connectivity index (χ2v) is 4.99. The van der Waals surface area contributed by atoms with Crippen molar-refractivity contribution in [2.24, 2.45) is 5.92 Å². The first-order valence-corrected chi connectivity index (χ1v) is 6.74. The molecule has 1 unspecified atom stereocenters. The predicted molar refractivity (Wildman–Crippen MR) is 65.4 cm³/mol. The minimum atomic E-state index is 0.489. The maximum atomic E-state index is 5.67. The van der Waals surface area contributed by atoms with Crippen LogP contribution in [0.25, 0.3) is 0 Å². The summed E-state index contributed by atoms with van der Waals surface area (Å²) in [5, 5.41) is 3.01. The van der Waals surface area contributed by atoms with Gasteiger partial charge in [-0.15, -0.1) is 22.9 Å². The second kappa shape index (κ2) is 7.20. The van der Waals surface area contributed by atoms with E-state index in [1.807, 2.05) is 5.38 Å². The number of hydrogen-bond acceptors (Lipinski definition) is 3. The summed E-state index contributed by atoms with van der Waals surface area (Å²) in [4.78, 5) is 4.33. The Bertz CT molecular complexity index is 277. The number of aromatic nitrogens is 1. The van der Waals surface area contributed by atoms with E-state index >= 15 is 0 Å². The Hall–Kier alpha value is -0.120. The highest BCUT2D eigenvalue weighted by molar-refractivity contribution is 7.09. The standard InChI is InChI=1S/C11H18ClNOS/c1-3-4-9(2)6-14-7-11-13-10(5-12)8-15-11/h8-9H,3-7H2,1-2H3. The predicted octanol–water partition coefficient (Wildman–Crippen LogP) is 3.83. The highest BCUT2D eigenvalue weighted by atomic mass is 35.5. The maximum absolute atomic E-state index is 5.67. The lowest BCUT2D eigenvalue weighted by atomic mass is 10.1. The van der Waals surface area contributed by atoms with Crippen LogP contribution in [0, 0.1) is 5.92 Å². The Kier molecular flexibility index (Phi) is 6.22. The zero-order valence-corrected chi connectivity index (χ0v) is 10.9. The van der Waals surface area contributed by atoms with Crippen LogP contribution in [0.15, 0.2) is 5.38 Å². The van der Waals surface area contributed by atoms with Crippen molar-refractivity contribution in [2.45, 2.75) is 39.2 Å². The summed E-state index contributed by atoms with van der Waals surface area (Å²) in [5.41, 5.74) is 0.946. The highest BCUT2D eigenvalue weighted by Gasteiger charge is 2.03. The van der Waals surface area contributed by atoms with E-state index < -0.39 is 0 Å². The monoisotopic (exact) mass is 247 g/mol. The van der Waals surface area contributed by atoms with E-state index in [-0.39, 0.29) is 0 Å². The van der Waals surface area contributed by atoms with Gasteiger partial charge in [0.2, 0.25) is 0 Å². The van der Waals surface area contributed by atoms with Crippen LogP contribution in [0.4, 0.5) is 0 Å². The SMILES string of the molecule is CCCC(C)COCc1nc(CCl)cs1. The number of nitrogens with zero attached hydrogens (tertiary/aromatic N) is 1. The molecule has 1 atom stereocenters. The number of thiazole rings is 1. The van der Waals surface area contributed by atoms with Gasteiger partial charge in [-0.25, -0.2) is 4.98 Å². The van der Waals surface area contributed by atoms with Gasteiger partial charge in [-0.3, -0.25) is 0 Å². The van der Waals surface area contributed by atoms with E-state index in [1.165, 1.54) is 12.8 Å². The van der Waals surface area contributed by atoms with Gasteiger partial charge >= 0.3 is 0 Å². The summed E-state index contributed by atoms with van der Waals surface area (Å²) in [6.45, 7) is 5.86. The van der Waals surface area contributed by atoms with Crippen LogP contribution in [0.1, 0.15) is 37.4 Å². The molecule has 0 saturated carbocycles. The van der Waals surface area contributed by atoms with Crippen molar-refractivity contribution in [3.05, 3.63) is 16.1 Å². The molecule has 0 aliphatic rings. The minimum Gasteiger partial charge on any atom is -0.374 e. The van der Waals surface area contributed by atoms with Gasteiger partial charge in [0, 0.05) is 12.0 Å². The fourth-order valence-corrected chi connectivity index (χ4v) is 2.36. The first-order chi connectivity index (χ1) is 7.26. The average molecular weight is 248 g/mol. The molecule has 0 fully saturated rings. The lowest BCUT2D eigenvalue weighted by molar-refractivity contribution is 0.0891.